The number of carbonyl (C=O) groups excluding carboxylic acids is 1. The van der Waals surface area contributed by atoms with Gasteiger partial charge in [0.25, 0.3) is 0 Å². The van der Waals surface area contributed by atoms with Crippen molar-refractivity contribution in [3.63, 3.8) is 0 Å². The molecule has 20 heavy (non-hydrogen) atoms. The number of benzene rings is 1. The summed E-state index contributed by atoms with van der Waals surface area (Å²) in [6.07, 6.45) is 2.36. The van der Waals surface area contributed by atoms with Gasteiger partial charge in [0.05, 0.1) is 11.4 Å². The van der Waals surface area contributed by atoms with Gasteiger partial charge >= 0.3 is 0 Å². The number of anilines is 2. The number of hydrogen-bond acceptors (Lipinski definition) is 6. The fourth-order valence-electron chi connectivity index (χ4n) is 2.79. The minimum Gasteiger partial charge on any atom is -0.397 e. The summed E-state index contributed by atoms with van der Waals surface area (Å²) in [5.41, 5.74) is 13.9. The lowest BCUT2D eigenvalue weighted by Crippen LogP contribution is -2.35. The summed E-state index contributed by atoms with van der Waals surface area (Å²) in [6, 6.07) is 3.76. The zero-order chi connectivity index (χ0) is 14.1. The summed E-state index contributed by atoms with van der Waals surface area (Å²) in [4.78, 5) is 13.2. The molecule has 2 aromatic rings. The molecule has 4 N–H and O–H groups in total. The predicted octanol–water partition coefficient (Wildman–Crippen LogP) is 0.897. The molecule has 0 aliphatic carbocycles. The highest BCUT2D eigenvalue weighted by Crippen LogP contribution is 2.31. The number of hydrogen-bond donors (Lipinski definition) is 2. The zero-order valence-electron chi connectivity index (χ0n) is 11.1. The summed E-state index contributed by atoms with van der Waals surface area (Å²) in [7, 11) is 0. The number of carbonyl (C=O) groups is 1. The van der Waals surface area contributed by atoms with Gasteiger partial charge in [-0.1, -0.05) is 0 Å². The van der Waals surface area contributed by atoms with Gasteiger partial charge in [-0.25, -0.2) is 4.63 Å². The van der Waals surface area contributed by atoms with Crippen LogP contribution in [0.4, 0.5) is 11.4 Å². The molecule has 0 bridgehead atoms. The van der Waals surface area contributed by atoms with E-state index < -0.39 is 0 Å². The quantitative estimate of drug-likeness (QED) is 0.805. The molecule has 1 aromatic heterocycles. The van der Waals surface area contributed by atoms with Gasteiger partial charge in [0.2, 0.25) is 5.91 Å². The molecule has 1 aliphatic rings. The molecule has 1 amide bonds. The number of fused-ring (bicyclic) bond motifs is 1. The van der Waals surface area contributed by atoms with Crippen molar-refractivity contribution in [2.24, 2.45) is 11.7 Å². The average molecular weight is 275 g/mol. The molecular formula is C13H17N5O2. The van der Waals surface area contributed by atoms with E-state index in [9.17, 15) is 4.79 Å². The predicted molar refractivity (Wildman–Crippen MR) is 75.0 cm³/mol. The van der Waals surface area contributed by atoms with Crippen LogP contribution in [-0.4, -0.2) is 29.3 Å². The fraction of sp³-hybridized carbons (Fsp3) is 0.462. The number of nitrogens with two attached hydrogens (primary N) is 2. The summed E-state index contributed by atoms with van der Waals surface area (Å²) >= 11 is 0. The van der Waals surface area contributed by atoms with Crippen molar-refractivity contribution in [2.45, 2.75) is 19.3 Å². The van der Waals surface area contributed by atoms with E-state index in [0.717, 1.165) is 31.6 Å². The van der Waals surface area contributed by atoms with Crippen LogP contribution in [0.25, 0.3) is 11.0 Å². The Kier molecular flexibility index (Phi) is 3.17. The molecule has 1 fully saturated rings. The van der Waals surface area contributed by atoms with E-state index >= 15 is 0 Å². The summed E-state index contributed by atoms with van der Waals surface area (Å²) < 4.78 is 4.78. The second kappa shape index (κ2) is 4.99. The van der Waals surface area contributed by atoms with E-state index in [4.69, 9.17) is 16.1 Å². The molecule has 0 radical (unpaired) electrons. The van der Waals surface area contributed by atoms with Crippen LogP contribution in [0.3, 0.4) is 0 Å². The Morgan fingerprint density at radius 3 is 2.70 bits per heavy atom. The molecule has 7 nitrogen and oxygen atoms in total. The second-order valence-electron chi connectivity index (χ2n) is 5.24. The maximum atomic E-state index is 11.0. The second-order valence-corrected chi connectivity index (χ2v) is 5.24. The molecule has 1 aromatic carbocycles. The molecule has 106 valence electrons. The Morgan fingerprint density at radius 1 is 1.30 bits per heavy atom. The zero-order valence-corrected chi connectivity index (χ0v) is 11.1. The Labute approximate surface area is 115 Å². The number of amides is 1. The maximum absolute atomic E-state index is 11.0. The normalized spacial score (nSPS) is 16.7. The lowest BCUT2D eigenvalue weighted by atomic mass is 9.93. The summed E-state index contributed by atoms with van der Waals surface area (Å²) in [5.74, 6) is 0.155. The molecule has 1 saturated heterocycles. The highest BCUT2D eigenvalue weighted by Gasteiger charge is 2.23. The molecule has 0 spiro atoms. The minimum atomic E-state index is -0.223. The average Bonchev–Trinajstić information content (AvgIpc) is 2.90. The molecule has 0 saturated carbocycles. The largest absolute Gasteiger partial charge is 0.397 e. The third kappa shape index (κ3) is 2.26. The van der Waals surface area contributed by atoms with E-state index in [1.54, 1.807) is 0 Å². The van der Waals surface area contributed by atoms with Gasteiger partial charge < -0.3 is 16.4 Å². The molecule has 0 unspecified atom stereocenters. The molecular weight excluding hydrogens is 258 g/mol. The number of nitrogen functional groups attached to an aromatic ring is 1. The van der Waals surface area contributed by atoms with Gasteiger partial charge in [0.15, 0.2) is 11.0 Å². The van der Waals surface area contributed by atoms with E-state index in [1.165, 1.54) is 0 Å². The van der Waals surface area contributed by atoms with E-state index in [-0.39, 0.29) is 5.91 Å². The monoisotopic (exact) mass is 275 g/mol. The molecule has 3 rings (SSSR count). The van der Waals surface area contributed by atoms with Crippen LogP contribution >= 0.6 is 0 Å². The van der Waals surface area contributed by atoms with Crippen molar-refractivity contribution in [3.05, 3.63) is 12.1 Å². The first kappa shape index (κ1) is 12.7. The van der Waals surface area contributed by atoms with Crippen molar-refractivity contribution in [2.75, 3.05) is 23.7 Å². The van der Waals surface area contributed by atoms with E-state index in [2.05, 4.69) is 15.2 Å². The molecule has 0 atom stereocenters. The van der Waals surface area contributed by atoms with Crippen LogP contribution in [0, 0.1) is 5.92 Å². The van der Waals surface area contributed by atoms with Gasteiger partial charge in [0, 0.05) is 19.5 Å². The Bertz CT molecular complexity index is 631. The first-order chi connectivity index (χ1) is 9.65. The number of nitrogens with zero attached hydrogens (tertiary/aromatic N) is 3. The molecule has 1 aliphatic heterocycles. The number of piperidine rings is 1. The van der Waals surface area contributed by atoms with Crippen LogP contribution in [0.1, 0.15) is 19.3 Å². The van der Waals surface area contributed by atoms with Crippen molar-refractivity contribution in [1.82, 2.24) is 10.3 Å². The third-order valence-corrected chi connectivity index (χ3v) is 3.87. The Morgan fingerprint density at radius 2 is 2.00 bits per heavy atom. The Balaban J connectivity index is 1.78. The van der Waals surface area contributed by atoms with Crippen molar-refractivity contribution in [1.29, 1.82) is 0 Å². The number of primary amides is 1. The topological polar surface area (TPSA) is 111 Å². The van der Waals surface area contributed by atoms with Gasteiger partial charge in [-0.15, -0.1) is 0 Å². The smallest absolute Gasteiger partial charge is 0.217 e. The fourth-order valence-corrected chi connectivity index (χ4v) is 2.79. The molecule has 2 heterocycles. The highest BCUT2D eigenvalue weighted by molar-refractivity contribution is 5.95. The van der Waals surface area contributed by atoms with Gasteiger partial charge in [-0.3, -0.25) is 4.79 Å². The van der Waals surface area contributed by atoms with E-state index in [1.807, 2.05) is 12.1 Å². The maximum Gasteiger partial charge on any atom is 0.217 e. The van der Waals surface area contributed by atoms with Crippen LogP contribution in [-0.2, 0) is 4.79 Å². The SMILES string of the molecule is NC(=O)CC1CCN(c2ccc(N)c3nonc23)CC1. The highest BCUT2D eigenvalue weighted by atomic mass is 16.6. The van der Waals surface area contributed by atoms with Gasteiger partial charge in [-0.05, 0) is 41.2 Å². The van der Waals surface area contributed by atoms with Crippen molar-refractivity contribution in [3.8, 4) is 0 Å². The van der Waals surface area contributed by atoms with Crippen molar-refractivity contribution < 1.29 is 9.42 Å². The lowest BCUT2D eigenvalue weighted by Gasteiger charge is -2.33. The number of aromatic nitrogens is 2. The number of rotatable bonds is 3. The van der Waals surface area contributed by atoms with Crippen molar-refractivity contribution >= 4 is 28.3 Å². The first-order valence-electron chi connectivity index (χ1n) is 6.69. The van der Waals surface area contributed by atoms with Crippen LogP contribution in [0.2, 0.25) is 0 Å². The van der Waals surface area contributed by atoms with E-state index in [0.29, 0.717) is 29.1 Å². The lowest BCUT2D eigenvalue weighted by molar-refractivity contribution is -0.119. The van der Waals surface area contributed by atoms with Crippen LogP contribution < -0.4 is 16.4 Å². The van der Waals surface area contributed by atoms with Crippen LogP contribution in [0.15, 0.2) is 16.8 Å². The Hall–Kier alpha value is -2.31. The molecule has 7 heteroatoms. The summed E-state index contributed by atoms with van der Waals surface area (Å²) in [6.45, 7) is 1.73. The standard InChI is InChI=1S/C13H17N5O2/c14-9-1-2-10(13-12(9)16-20-17-13)18-5-3-8(4-6-18)7-11(15)19/h1-2,8H,3-7,14H2,(H2,15,19). The van der Waals surface area contributed by atoms with Gasteiger partial charge in [-0.2, -0.15) is 0 Å². The van der Waals surface area contributed by atoms with Crippen LogP contribution in [0.5, 0.6) is 0 Å². The first-order valence-corrected chi connectivity index (χ1v) is 6.69. The third-order valence-electron chi connectivity index (χ3n) is 3.87. The van der Waals surface area contributed by atoms with Gasteiger partial charge in [0.1, 0.15) is 0 Å². The summed E-state index contributed by atoms with van der Waals surface area (Å²) in [5, 5.41) is 7.77. The minimum absolute atomic E-state index is 0.223.